The summed E-state index contributed by atoms with van der Waals surface area (Å²) in [7, 11) is 0. The Morgan fingerprint density at radius 3 is 1.67 bits per heavy atom. The Kier molecular flexibility index (Phi) is 6.73. The molecule has 0 aliphatic carbocycles. The molecule has 4 aromatic rings. The quantitative estimate of drug-likeness (QED) is 0.346. The topological polar surface area (TPSA) is 77.1 Å². The molecule has 0 saturated carbocycles. The van der Waals surface area contributed by atoms with Crippen molar-refractivity contribution in [3.63, 3.8) is 0 Å². The van der Waals surface area contributed by atoms with Gasteiger partial charge in [-0.15, -0.1) is 0 Å². The number of likely N-dealkylation sites (tertiary alicyclic amines) is 1. The summed E-state index contributed by atoms with van der Waals surface area (Å²) in [6, 6.07) is 33.0. The molecule has 2 saturated heterocycles. The Morgan fingerprint density at radius 2 is 1.18 bits per heavy atom. The third-order valence-corrected chi connectivity index (χ3v) is 7.20. The smallest absolute Gasteiger partial charge is 0.253 e. The summed E-state index contributed by atoms with van der Waals surface area (Å²) in [6.07, 6.45) is 0. The van der Waals surface area contributed by atoms with Crippen LogP contribution in [0.1, 0.15) is 20.7 Å². The average molecular weight is 521 g/mol. The number of ether oxygens (including phenoxy) is 3. The van der Waals surface area contributed by atoms with Crippen LogP contribution in [-0.2, 0) is 4.74 Å². The van der Waals surface area contributed by atoms with E-state index in [2.05, 4.69) is 5.32 Å². The van der Waals surface area contributed by atoms with Gasteiger partial charge in [0, 0.05) is 24.2 Å². The van der Waals surface area contributed by atoms with Crippen LogP contribution in [0.15, 0.2) is 109 Å². The van der Waals surface area contributed by atoms with E-state index in [0.717, 1.165) is 11.5 Å². The summed E-state index contributed by atoms with van der Waals surface area (Å²) in [5, 5.41) is 3.16. The Labute approximate surface area is 226 Å². The molecule has 4 aromatic carbocycles. The second-order valence-electron chi connectivity index (χ2n) is 9.95. The zero-order valence-corrected chi connectivity index (χ0v) is 21.3. The van der Waals surface area contributed by atoms with Crippen molar-refractivity contribution in [1.82, 2.24) is 10.2 Å². The molecule has 0 aromatic heterocycles. The Hall–Kier alpha value is -4.62. The first-order chi connectivity index (χ1) is 19.1. The third kappa shape index (κ3) is 5.35. The van der Waals surface area contributed by atoms with Crippen LogP contribution in [0.3, 0.4) is 0 Å². The first kappa shape index (κ1) is 24.7. The lowest BCUT2D eigenvalue weighted by atomic mass is 9.81. The van der Waals surface area contributed by atoms with Gasteiger partial charge in [0.1, 0.15) is 23.0 Å². The fourth-order valence-corrected chi connectivity index (χ4v) is 4.99. The summed E-state index contributed by atoms with van der Waals surface area (Å²) in [5.74, 6) is 2.52. The van der Waals surface area contributed by atoms with Gasteiger partial charge >= 0.3 is 0 Å². The molecule has 2 fully saturated rings. The molecule has 0 radical (unpaired) electrons. The molecular formula is C32H28N2O5. The fraction of sp³-hybridized carbons (Fsp3) is 0.188. The van der Waals surface area contributed by atoms with Crippen LogP contribution in [0, 0.1) is 5.41 Å². The summed E-state index contributed by atoms with van der Waals surface area (Å²) < 4.78 is 17.2. The molecule has 2 heterocycles. The number of nitrogens with zero attached hydrogens (tertiary/aromatic N) is 1. The van der Waals surface area contributed by atoms with Gasteiger partial charge in [-0.25, -0.2) is 0 Å². The highest BCUT2D eigenvalue weighted by atomic mass is 16.5. The third-order valence-electron chi connectivity index (χ3n) is 7.20. The zero-order chi connectivity index (χ0) is 26.7. The standard InChI is InChI=1S/C32H28N2O5/c35-30(23-11-15-27(16-12-23)38-25-7-3-1-4-8-25)33-29-19-34(20-32(29)21-37-22-32)31(36)24-13-17-28(18-14-24)39-26-9-5-2-6-10-26/h1-18,29H,19-22H2,(H,33,35). The molecule has 7 heteroatoms. The molecule has 2 amide bonds. The van der Waals surface area contributed by atoms with Crippen LogP contribution in [0.5, 0.6) is 23.0 Å². The summed E-state index contributed by atoms with van der Waals surface area (Å²) in [4.78, 5) is 28.3. The Bertz CT molecular complexity index is 1440. The minimum absolute atomic E-state index is 0.0771. The van der Waals surface area contributed by atoms with E-state index in [1.54, 1.807) is 53.4 Å². The maximum absolute atomic E-state index is 13.4. The van der Waals surface area contributed by atoms with Crippen molar-refractivity contribution < 1.29 is 23.8 Å². The van der Waals surface area contributed by atoms with Gasteiger partial charge in [0.15, 0.2) is 0 Å². The van der Waals surface area contributed by atoms with Crippen LogP contribution in [0.25, 0.3) is 0 Å². The number of carbonyl (C=O) groups is 2. The van der Waals surface area contributed by atoms with Crippen LogP contribution < -0.4 is 14.8 Å². The molecule has 1 unspecified atom stereocenters. The molecule has 1 spiro atoms. The second kappa shape index (κ2) is 10.6. The minimum atomic E-state index is -0.280. The molecule has 39 heavy (non-hydrogen) atoms. The molecule has 1 atom stereocenters. The van der Waals surface area contributed by atoms with Gasteiger partial charge < -0.3 is 24.4 Å². The van der Waals surface area contributed by atoms with Gasteiger partial charge in [0.25, 0.3) is 11.8 Å². The van der Waals surface area contributed by atoms with Gasteiger partial charge in [-0.3, -0.25) is 9.59 Å². The molecule has 0 bridgehead atoms. The maximum atomic E-state index is 13.4. The van der Waals surface area contributed by atoms with Gasteiger partial charge in [0.05, 0.1) is 24.7 Å². The molecule has 7 nitrogen and oxygen atoms in total. The van der Waals surface area contributed by atoms with Gasteiger partial charge in [0.2, 0.25) is 0 Å². The molecular weight excluding hydrogens is 492 g/mol. The van der Waals surface area contributed by atoms with E-state index in [4.69, 9.17) is 14.2 Å². The lowest BCUT2D eigenvalue weighted by Gasteiger charge is -2.42. The normalized spacial score (nSPS) is 17.3. The van der Waals surface area contributed by atoms with Gasteiger partial charge in [-0.05, 0) is 72.8 Å². The minimum Gasteiger partial charge on any atom is -0.457 e. The number of benzene rings is 4. The van der Waals surface area contributed by atoms with Crippen LogP contribution >= 0.6 is 0 Å². The SMILES string of the molecule is O=C(NC1CN(C(=O)c2ccc(Oc3ccccc3)cc2)CC12COC2)c1ccc(Oc2ccccc2)cc1. The molecule has 196 valence electrons. The van der Waals surface area contributed by atoms with Crippen molar-refractivity contribution in [3.8, 4) is 23.0 Å². The summed E-state index contributed by atoms with van der Waals surface area (Å²) in [5.41, 5.74) is 0.828. The lowest BCUT2D eigenvalue weighted by molar-refractivity contribution is -0.114. The van der Waals surface area contributed by atoms with Gasteiger partial charge in [-0.2, -0.15) is 0 Å². The van der Waals surface area contributed by atoms with Crippen molar-refractivity contribution >= 4 is 11.8 Å². The number of hydrogen-bond donors (Lipinski definition) is 1. The highest BCUT2D eigenvalue weighted by molar-refractivity contribution is 5.96. The maximum Gasteiger partial charge on any atom is 0.253 e. The Balaban J connectivity index is 1.09. The highest BCUT2D eigenvalue weighted by Gasteiger charge is 2.53. The average Bonchev–Trinajstić information content (AvgIpc) is 3.35. The van der Waals surface area contributed by atoms with Gasteiger partial charge in [-0.1, -0.05) is 36.4 Å². The predicted molar refractivity (Wildman–Crippen MR) is 146 cm³/mol. The molecule has 2 aliphatic rings. The van der Waals surface area contributed by atoms with Crippen molar-refractivity contribution in [1.29, 1.82) is 0 Å². The van der Waals surface area contributed by atoms with E-state index in [1.165, 1.54) is 0 Å². The molecule has 2 aliphatic heterocycles. The number of hydrogen-bond acceptors (Lipinski definition) is 5. The number of rotatable bonds is 7. The van der Waals surface area contributed by atoms with Crippen LogP contribution in [0.4, 0.5) is 0 Å². The first-order valence-corrected chi connectivity index (χ1v) is 12.9. The number of carbonyl (C=O) groups excluding carboxylic acids is 2. The van der Waals surface area contributed by atoms with Crippen molar-refractivity contribution in [2.24, 2.45) is 5.41 Å². The van der Waals surface area contributed by atoms with E-state index >= 15 is 0 Å². The second-order valence-corrected chi connectivity index (χ2v) is 9.95. The predicted octanol–water partition coefficient (Wildman–Crippen LogP) is 5.54. The molecule has 1 N–H and O–H groups in total. The van der Waals surface area contributed by atoms with Crippen LogP contribution in [0.2, 0.25) is 0 Å². The highest BCUT2D eigenvalue weighted by Crippen LogP contribution is 2.39. The van der Waals surface area contributed by atoms with E-state index in [0.29, 0.717) is 48.9 Å². The molecule has 6 rings (SSSR count). The van der Waals surface area contributed by atoms with Crippen LogP contribution in [-0.4, -0.2) is 49.1 Å². The number of amides is 2. The number of para-hydroxylation sites is 2. The number of nitrogens with one attached hydrogen (secondary N) is 1. The van der Waals surface area contributed by atoms with E-state index in [-0.39, 0.29) is 23.3 Å². The Morgan fingerprint density at radius 1 is 0.692 bits per heavy atom. The zero-order valence-electron chi connectivity index (χ0n) is 21.3. The van der Waals surface area contributed by atoms with Crippen molar-refractivity contribution in [2.75, 3.05) is 26.3 Å². The van der Waals surface area contributed by atoms with E-state index in [1.807, 2.05) is 60.7 Å². The summed E-state index contributed by atoms with van der Waals surface area (Å²) in [6.45, 7) is 1.97. The van der Waals surface area contributed by atoms with E-state index in [9.17, 15) is 9.59 Å². The first-order valence-electron chi connectivity index (χ1n) is 12.9. The fourth-order valence-electron chi connectivity index (χ4n) is 4.99. The lowest BCUT2D eigenvalue weighted by Crippen LogP contribution is -2.57. The van der Waals surface area contributed by atoms with Crippen molar-refractivity contribution in [2.45, 2.75) is 6.04 Å². The monoisotopic (exact) mass is 520 g/mol. The largest absolute Gasteiger partial charge is 0.457 e. The van der Waals surface area contributed by atoms with Crippen molar-refractivity contribution in [3.05, 3.63) is 120 Å². The summed E-state index contributed by atoms with van der Waals surface area (Å²) >= 11 is 0. The van der Waals surface area contributed by atoms with E-state index < -0.39 is 0 Å².